The van der Waals surface area contributed by atoms with Gasteiger partial charge < -0.3 is 9.32 Å². The second-order valence-electron chi connectivity index (χ2n) is 12.4. The van der Waals surface area contributed by atoms with Gasteiger partial charge in [0.1, 0.15) is 11.2 Å². The summed E-state index contributed by atoms with van der Waals surface area (Å²) in [5.74, 6) is 0. The molecular formula is C47H32N2O. The molecule has 0 atom stereocenters. The second-order valence-corrected chi connectivity index (χ2v) is 12.4. The highest BCUT2D eigenvalue weighted by molar-refractivity contribution is 6.09. The van der Waals surface area contributed by atoms with Gasteiger partial charge >= 0.3 is 0 Å². The summed E-state index contributed by atoms with van der Waals surface area (Å²) in [6.45, 7) is 0. The summed E-state index contributed by atoms with van der Waals surface area (Å²) in [5.41, 5.74) is 14.1. The minimum absolute atomic E-state index is 0.903. The molecule has 0 aliphatic heterocycles. The van der Waals surface area contributed by atoms with Crippen LogP contribution in [0, 0.1) is 0 Å². The molecule has 9 aromatic rings. The van der Waals surface area contributed by atoms with Crippen molar-refractivity contribution in [1.82, 2.24) is 4.98 Å². The van der Waals surface area contributed by atoms with Gasteiger partial charge in [0.2, 0.25) is 0 Å². The minimum atomic E-state index is 0.903. The summed E-state index contributed by atoms with van der Waals surface area (Å²) >= 11 is 0. The largest absolute Gasteiger partial charge is 0.455 e. The number of anilines is 3. The molecular weight excluding hydrogens is 609 g/mol. The Morgan fingerprint density at radius 1 is 0.380 bits per heavy atom. The molecule has 0 fully saturated rings. The normalized spacial score (nSPS) is 11.2. The molecule has 0 N–H and O–H groups in total. The molecule has 0 saturated heterocycles. The fourth-order valence-corrected chi connectivity index (χ4v) is 6.95. The van der Waals surface area contributed by atoms with Gasteiger partial charge in [-0.1, -0.05) is 133 Å². The summed E-state index contributed by atoms with van der Waals surface area (Å²) in [5, 5.41) is 2.26. The molecule has 9 rings (SSSR count). The lowest BCUT2D eigenvalue weighted by Gasteiger charge is -2.27. The van der Waals surface area contributed by atoms with E-state index in [1.807, 2.05) is 30.6 Å². The molecule has 2 heterocycles. The molecule has 0 aliphatic carbocycles. The van der Waals surface area contributed by atoms with Gasteiger partial charge in [-0.3, -0.25) is 4.98 Å². The molecule has 0 unspecified atom stereocenters. The van der Waals surface area contributed by atoms with Crippen LogP contribution >= 0.6 is 0 Å². The molecule has 3 heteroatoms. The zero-order chi connectivity index (χ0) is 33.3. The molecule has 0 spiro atoms. The molecule has 50 heavy (non-hydrogen) atoms. The van der Waals surface area contributed by atoms with Crippen LogP contribution in [0.1, 0.15) is 0 Å². The standard InChI is InChI=1S/C47H32N2O/c1-3-11-33(12-4-1)34-20-24-38(25-21-34)49(40-28-29-41(35-13-5-2-6-14-35)45(31-40)37-15-10-30-48-32-37)39-26-22-36(23-27-39)42-17-9-18-44-43-16-7-8-19-46(43)50-47(42)44/h1-32H. The maximum Gasteiger partial charge on any atom is 0.143 e. The first-order valence-electron chi connectivity index (χ1n) is 16.9. The fraction of sp³-hybridized carbons (Fsp3) is 0. The Kier molecular flexibility index (Phi) is 7.49. The number of furan rings is 1. The van der Waals surface area contributed by atoms with Crippen molar-refractivity contribution in [3.8, 4) is 44.5 Å². The van der Waals surface area contributed by atoms with Crippen LogP contribution in [0.15, 0.2) is 199 Å². The van der Waals surface area contributed by atoms with Crippen LogP contribution in [-0.2, 0) is 0 Å². The molecule has 7 aromatic carbocycles. The van der Waals surface area contributed by atoms with E-state index >= 15 is 0 Å². The monoisotopic (exact) mass is 640 g/mol. The number of aromatic nitrogens is 1. The van der Waals surface area contributed by atoms with Crippen molar-refractivity contribution < 1.29 is 4.42 Å². The fourth-order valence-electron chi connectivity index (χ4n) is 6.95. The van der Waals surface area contributed by atoms with Crippen molar-refractivity contribution in [3.05, 3.63) is 194 Å². The van der Waals surface area contributed by atoms with Crippen LogP contribution in [0.5, 0.6) is 0 Å². The minimum Gasteiger partial charge on any atom is -0.455 e. The maximum absolute atomic E-state index is 6.39. The van der Waals surface area contributed by atoms with Gasteiger partial charge in [0.25, 0.3) is 0 Å². The van der Waals surface area contributed by atoms with Crippen LogP contribution in [0.2, 0.25) is 0 Å². The first kappa shape index (κ1) is 29.4. The second kappa shape index (κ2) is 12.7. The van der Waals surface area contributed by atoms with Gasteiger partial charge in [-0.05, 0) is 81.9 Å². The first-order chi connectivity index (χ1) is 24.8. The number of hydrogen-bond donors (Lipinski definition) is 0. The number of hydrogen-bond acceptors (Lipinski definition) is 3. The Labute approximate surface area is 291 Å². The zero-order valence-electron chi connectivity index (χ0n) is 27.3. The van der Waals surface area contributed by atoms with Crippen LogP contribution in [0.4, 0.5) is 17.1 Å². The Hall–Kier alpha value is -6.71. The Bertz CT molecular complexity index is 2560. The van der Waals surface area contributed by atoms with E-state index in [0.717, 1.165) is 66.8 Å². The van der Waals surface area contributed by atoms with E-state index in [9.17, 15) is 0 Å². The van der Waals surface area contributed by atoms with Crippen LogP contribution in [0.25, 0.3) is 66.4 Å². The molecule has 3 nitrogen and oxygen atoms in total. The van der Waals surface area contributed by atoms with E-state index in [1.165, 1.54) is 16.7 Å². The van der Waals surface area contributed by atoms with Crippen LogP contribution in [-0.4, -0.2) is 4.98 Å². The lowest BCUT2D eigenvalue weighted by molar-refractivity contribution is 0.670. The highest BCUT2D eigenvalue weighted by Crippen LogP contribution is 2.42. The Morgan fingerprint density at radius 3 is 1.68 bits per heavy atom. The molecule has 0 radical (unpaired) electrons. The van der Waals surface area contributed by atoms with Crippen molar-refractivity contribution in [2.75, 3.05) is 4.90 Å². The van der Waals surface area contributed by atoms with Gasteiger partial charge in [0, 0.05) is 51.4 Å². The third-order valence-electron chi connectivity index (χ3n) is 9.39. The van der Waals surface area contributed by atoms with Crippen molar-refractivity contribution in [2.24, 2.45) is 0 Å². The topological polar surface area (TPSA) is 29.3 Å². The highest BCUT2D eigenvalue weighted by Gasteiger charge is 2.18. The van der Waals surface area contributed by atoms with E-state index < -0.39 is 0 Å². The van der Waals surface area contributed by atoms with Gasteiger partial charge in [-0.2, -0.15) is 0 Å². The maximum atomic E-state index is 6.39. The summed E-state index contributed by atoms with van der Waals surface area (Å²) in [6.07, 6.45) is 3.77. The summed E-state index contributed by atoms with van der Waals surface area (Å²) in [4.78, 5) is 6.81. The molecule has 0 saturated carbocycles. The number of nitrogens with zero attached hydrogens (tertiary/aromatic N) is 2. The van der Waals surface area contributed by atoms with Crippen LogP contribution < -0.4 is 4.90 Å². The lowest BCUT2D eigenvalue weighted by atomic mass is 9.94. The highest BCUT2D eigenvalue weighted by atomic mass is 16.3. The van der Waals surface area contributed by atoms with E-state index in [1.54, 1.807) is 0 Å². The average molecular weight is 641 g/mol. The lowest BCUT2D eigenvalue weighted by Crippen LogP contribution is -2.10. The number of rotatable bonds is 7. The molecule has 236 valence electrons. The number of fused-ring (bicyclic) bond motifs is 3. The molecule has 0 amide bonds. The predicted molar refractivity (Wildman–Crippen MR) is 208 cm³/mol. The average Bonchev–Trinajstić information content (AvgIpc) is 3.59. The molecule has 0 aliphatic rings. The predicted octanol–water partition coefficient (Wildman–Crippen LogP) is 13.1. The van der Waals surface area contributed by atoms with Crippen molar-refractivity contribution in [1.29, 1.82) is 0 Å². The van der Waals surface area contributed by atoms with Gasteiger partial charge in [0.15, 0.2) is 0 Å². The number of pyridine rings is 1. The summed E-state index contributed by atoms with van der Waals surface area (Å²) < 4.78 is 6.39. The number of benzene rings is 7. The van der Waals surface area contributed by atoms with Gasteiger partial charge in [0.05, 0.1) is 0 Å². The van der Waals surface area contributed by atoms with Crippen molar-refractivity contribution in [2.45, 2.75) is 0 Å². The molecule has 0 bridgehead atoms. The van der Waals surface area contributed by atoms with Crippen molar-refractivity contribution in [3.63, 3.8) is 0 Å². The van der Waals surface area contributed by atoms with Crippen LogP contribution in [0.3, 0.4) is 0 Å². The van der Waals surface area contributed by atoms with E-state index in [-0.39, 0.29) is 0 Å². The molecule has 2 aromatic heterocycles. The third-order valence-corrected chi connectivity index (χ3v) is 9.39. The van der Waals surface area contributed by atoms with Gasteiger partial charge in [-0.15, -0.1) is 0 Å². The van der Waals surface area contributed by atoms with E-state index in [0.29, 0.717) is 0 Å². The smallest absolute Gasteiger partial charge is 0.143 e. The Balaban J connectivity index is 1.18. The zero-order valence-corrected chi connectivity index (χ0v) is 27.3. The summed E-state index contributed by atoms with van der Waals surface area (Å²) in [7, 11) is 0. The summed E-state index contributed by atoms with van der Waals surface area (Å²) in [6, 6.07) is 64.2. The van der Waals surface area contributed by atoms with E-state index in [4.69, 9.17) is 4.42 Å². The third kappa shape index (κ3) is 5.41. The Morgan fingerprint density at radius 2 is 0.960 bits per heavy atom. The quantitative estimate of drug-likeness (QED) is 0.174. The van der Waals surface area contributed by atoms with E-state index in [2.05, 4.69) is 174 Å². The van der Waals surface area contributed by atoms with Crippen molar-refractivity contribution >= 4 is 39.0 Å². The SMILES string of the molecule is c1ccc(-c2ccc(N(c3ccc(-c4cccc5c4oc4ccccc45)cc3)c3ccc(-c4ccccc4)c(-c4cccnc4)c3)cc2)cc1. The number of para-hydroxylation sites is 2. The van der Waals surface area contributed by atoms with Gasteiger partial charge in [-0.25, -0.2) is 0 Å². The first-order valence-corrected chi connectivity index (χ1v) is 16.9.